The van der Waals surface area contributed by atoms with Gasteiger partial charge in [0.15, 0.2) is 0 Å². The van der Waals surface area contributed by atoms with Crippen molar-refractivity contribution in [2.24, 2.45) is 5.73 Å². The van der Waals surface area contributed by atoms with E-state index >= 15 is 0 Å². The molecule has 2 unspecified atom stereocenters. The molecule has 0 spiro atoms. The second-order valence-electron chi connectivity index (χ2n) is 4.32. The van der Waals surface area contributed by atoms with Crippen molar-refractivity contribution >= 4 is 22.9 Å². The van der Waals surface area contributed by atoms with Crippen LogP contribution in [-0.4, -0.2) is 6.04 Å². The third-order valence-corrected chi connectivity index (χ3v) is 4.01. The monoisotopic (exact) mass is 281 g/mol. The van der Waals surface area contributed by atoms with Gasteiger partial charge in [-0.1, -0.05) is 17.7 Å². The molecule has 2 aromatic rings. The molecule has 0 aliphatic rings. The molecule has 0 saturated heterocycles. The SMILES string of the molecule is Cc1ccsc1C(Oc1cccc(Cl)c1)C(C)N. The lowest BCUT2D eigenvalue weighted by atomic mass is 10.1. The summed E-state index contributed by atoms with van der Waals surface area (Å²) in [5.41, 5.74) is 7.24. The summed E-state index contributed by atoms with van der Waals surface area (Å²) in [7, 11) is 0. The summed E-state index contributed by atoms with van der Waals surface area (Å²) in [5.74, 6) is 0.748. The van der Waals surface area contributed by atoms with E-state index in [1.165, 1.54) is 10.4 Å². The fraction of sp³-hybridized carbons (Fsp3) is 0.286. The lowest BCUT2D eigenvalue weighted by Crippen LogP contribution is -2.28. The minimum atomic E-state index is -0.136. The quantitative estimate of drug-likeness (QED) is 0.912. The van der Waals surface area contributed by atoms with Crippen molar-refractivity contribution in [2.75, 3.05) is 0 Å². The molecule has 0 saturated carbocycles. The maximum absolute atomic E-state index is 6.03. The molecular weight excluding hydrogens is 266 g/mol. The topological polar surface area (TPSA) is 35.2 Å². The van der Waals surface area contributed by atoms with Gasteiger partial charge in [0.25, 0.3) is 0 Å². The van der Waals surface area contributed by atoms with Crippen LogP contribution in [0.2, 0.25) is 5.02 Å². The molecule has 1 aromatic carbocycles. The average Bonchev–Trinajstić information content (AvgIpc) is 2.72. The van der Waals surface area contributed by atoms with Gasteiger partial charge in [0, 0.05) is 15.9 Å². The summed E-state index contributed by atoms with van der Waals surface area (Å²) < 4.78 is 5.98. The van der Waals surface area contributed by atoms with Crippen LogP contribution in [0.1, 0.15) is 23.5 Å². The molecule has 2 N–H and O–H groups in total. The number of rotatable bonds is 4. The zero-order valence-corrected chi connectivity index (χ0v) is 12.0. The van der Waals surface area contributed by atoms with Crippen LogP contribution in [0.25, 0.3) is 0 Å². The molecule has 0 aliphatic heterocycles. The molecule has 0 amide bonds. The highest BCUT2D eigenvalue weighted by Crippen LogP contribution is 2.31. The van der Waals surface area contributed by atoms with Crippen LogP contribution in [-0.2, 0) is 0 Å². The molecule has 0 radical (unpaired) electrons. The molecule has 2 rings (SSSR count). The van der Waals surface area contributed by atoms with Crippen LogP contribution in [0, 0.1) is 6.92 Å². The van der Waals surface area contributed by atoms with Crippen LogP contribution < -0.4 is 10.5 Å². The van der Waals surface area contributed by atoms with Crippen molar-refractivity contribution in [3.63, 3.8) is 0 Å². The first-order chi connectivity index (χ1) is 8.58. The van der Waals surface area contributed by atoms with Crippen LogP contribution >= 0.6 is 22.9 Å². The maximum Gasteiger partial charge on any atom is 0.148 e. The predicted molar refractivity (Wildman–Crippen MR) is 77.5 cm³/mol. The summed E-state index contributed by atoms with van der Waals surface area (Å²) >= 11 is 7.63. The third kappa shape index (κ3) is 3.05. The number of aryl methyl sites for hydroxylation is 1. The smallest absolute Gasteiger partial charge is 0.148 e. The zero-order valence-electron chi connectivity index (χ0n) is 10.4. The van der Waals surface area contributed by atoms with Gasteiger partial charge >= 0.3 is 0 Å². The minimum absolute atomic E-state index is 0.0821. The zero-order chi connectivity index (χ0) is 13.1. The van der Waals surface area contributed by atoms with Gasteiger partial charge in [-0.05, 0) is 49.1 Å². The molecule has 2 nitrogen and oxygen atoms in total. The fourth-order valence-corrected chi connectivity index (χ4v) is 3.01. The van der Waals surface area contributed by atoms with E-state index in [-0.39, 0.29) is 12.1 Å². The molecule has 2 atom stereocenters. The molecule has 1 aromatic heterocycles. The highest BCUT2D eigenvalue weighted by molar-refractivity contribution is 7.10. The lowest BCUT2D eigenvalue weighted by molar-refractivity contribution is 0.183. The number of benzene rings is 1. The summed E-state index contributed by atoms with van der Waals surface area (Å²) in [6.07, 6.45) is -0.136. The van der Waals surface area contributed by atoms with E-state index in [1.807, 2.05) is 25.1 Å². The van der Waals surface area contributed by atoms with Gasteiger partial charge in [0.05, 0.1) is 0 Å². The van der Waals surface area contributed by atoms with Gasteiger partial charge in [-0.15, -0.1) is 11.3 Å². The first-order valence-electron chi connectivity index (χ1n) is 5.79. The Hall–Kier alpha value is -1.03. The van der Waals surface area contributed by atoms with Crippen LogP contribution in [0.4, 0.5) is 0 Å². The predicted octanol–water partition coefficient (Wildman–Crippen LogP) is 4.18. The van der Waals surface area contributed by atoms with Crippen molar-refractivity contribution in [1.82, 2.24) is 0 Å². The fourth-order valence-electron chi connectivity index (χ4n) is 1.76. The van der Waals surface area contributed by atoms with E-state index in [4.69, 9.17) is 22.1 Å². The highest BCUT2D eigenvalue weighted by atomic mass is 35.5. The molecule has 4 heteroatoms. The van der Waals surface area contributed by atoms with Gasteiger partial charge in [0.1, 0.15) is 11.9 Å². The average molecular weight is 282 g/mol. The normalized spacial score (nSPS) is 14.2. The van der Waals surface area contributed by atoms with Gasteiger partial charge in [-0.3, -0.25) is 0 Å². The van der Waals surface area contributed by atoms with Gasteiger partial charge in [-0.2, -0.15) is 0 Å². The van der Waals surface area contributed by atoms with Crippen molar-refractivity contribution in [3.8, 4) is 5.75 Å². The maximum atomic E-state index is 6.03. The Morgan fingerprint density at radius 2 is 2.11 bits per heavy atom. The second kappa shape index (κ2) is 5.74. The second-order valence-corrected chi connectivity index (χ2v) is 5.71. The Labute approximate surface area is 116 Å². The van der Waals surface area contributed by atoms with Crippen molar-refractivity contribution in [3.05, 3.63) is 51.2 Å². The van der Waals surface area contributed by atoms with E-state index in [2.05, 4.69) is 18.4 Å². The number of halogens is 1. The lowest BCUT2D eigenvalue weighted by Gasteiger charge is -2.22. The Morgan fingerprint density at radius 1 is 1.33 bits per heavy atom. The molecule has 1 heterocycles. The van der Waals surface area contributed by atoms with E-state index in [0.29, 0.717) is 5.02 Å². The van der Waals surface area contributed by atoms with E-state index in [9.17, 15) is 0 Å². The van der Waals surface area contributed by atoms with Crippen molar-refractivity contribution in [2.45, 2.75) is 26.0 Å². The van der Waals surface area contributed by atoms with E-state index in [1.54, 1.807) is 17.4 Å². The van der Waals surface area contributed by atoms with Gasteiger partial charge in [-0.25, -0.2) is 0 Å². The number of thiophene rings is 1. The molecule has 18 heavy (non-hydrogen) atoms. The Balaban J connectivity index is 2.25. The van der Waals surface area contributed by atoms with Crippen molar-refractivity contribution < 1.29 is 4.74 Å². The summed E-state index contributed by atoms with van der Waals surface area (Å²) in [4.78, 5) is 1.17. The Bertz CT molecular complexity index is 524. The standard InChI is InChI=1S/C14H16ClNOS/c1-9-6-7-18-14(9)13(10(2)16)17-12-5-3-4-11(15)8-12/h3-8,10,13H,16H2,1-2H3. The highest BCUT2D eigenvalue weighted by Gasteiger charge is 2.21. The Kier molecular flexibility index (Phi) is 4.27. The van der Waals surface area contributed by atoms with Gasteiger partial charge < -0.3 is 10.5 Å². The third-order valence-electron chi connectivity index (χ3n) is 2.70. The van der Waals surface area contributed by atoms with Crippen LogP contribution in [0.15, 0.2) is 35.7 Å². The first kappa shape index (κ1) is 13.4. The van der Waals surface area contributed by atoms with E-state index < -0.39 is 0 Å². The molecular formula is C14H16ClNOS. The number of ether oxygens (including phenoxy) is 1. The molecule has 0 bridgehead atoms. The summed E-state index contributed by atoms with van der Waals surface area (Å²) in [6.45, 7) is 4.02. The largest absolute Gasteiger partial charge is 0.483 e. The molecule has 0 aliphatic carbocycles. The molecule has 96 valence electrons. The number of hydrogen-bond donors (Lipinski definition) is 1. The van der Waals surface area contributed by atoms with E-state index in [0.717, 1.165) is 5.75 Å². The summed E-state index contributed by atoms with van der Waals surface area (Å²) in [6, 6.07) is 9.39. The number of nitrogens with two attached hydrogens (primary N) is 1. The van der Waals surface area contributed by atoms with Crippen molar-refractivity contribution in [1.29, 1.82) is 0 Å². The molecule has 0 fully saturated rings. The first-order valence-corrected chi connectivity index (χ1v) is 7.05. The number of hydrogen-bond acceptors (Lipinski definition) is 3. The van der Waals surface area contributed by atoms with Gasteiger partial charge in [0.2, 0.25) is 0 Å². The minimum Gasteiger partial charge on any atom is -0.483 e. The van der Waals surface area contributed by atoms with Crippen LogP contribution in [0.5, 0.6) is 5.75 Å². The van der Waals surface area contributed by atoms with Crippen LogP contribution in [0.3, 0.4) is 0 Å². The summed E-state index contributed by atoms with van der Waals surface area (Å²) in [5, 5.41) is 2.72. The Morgan fingerprint density at radius 3 is 2.67 bits per heavy atom.